The Kier molecular flexibility index (Phi) is 5.33. The smallest absolute Gasteiger partial charge is 0.245 e. The molecule has 2 aliphatic heterocycles. The van der Waals surface area contributed by atoms with Gasteiger partial charge in [0, 0.05) is 36.0 Å². The zero-order chi connectivity index (χ0) is 18.0. The van der Waals surface area contributed by atoms with E-state index in [1.54, 1.807) is 4.90 Å². The fraction of sp³-hybridized carbons (Fsp3) is 0.474. The fourth-order valence-electron chi connectivity index (χ4n) is 3.52. The SMILES string of the molecule is C=CC(=O)N1CCC(C(=O)NC(C)c2cc(Cl)cc3c2OCC3)CC1. The fourth-order valence-corrected chi connectivity index (χ4v) is 3.77. The number of carbonyl (C=O) groups excluding carboxylic acids is 2. The van der Waals surface area contributed by atoms with Crippen molar-refractivity contribution in [3.05, 3.63) is 40.9 Å². The number of amides is 2. The van der Waals surface area contributed by atoms with Gasteiger partial charge in [0.05, 0.1) is 12.6 Å². The molecule has 0 aromatic heterocycles. The van der Waals surface area contributed by atoms with Crippen LogP contribution in [0.4, 0.5) is 0 Å². The Morgan fingerprint density at radius 2 is 2.12 bits per heavy atom. The quantitative estimate of drug-likeness (QED) is 0.838. The summed E-state index contributed by atoms with van der Waals surface area (Å²) in [6.07, 6.45) is 3.51. The second-order valence-electron chi connectivity index (χ2n) is 6.62. The van der Waals surface area contributed by atoms with Crippen LogP contribution in [0.3, 0.4) is 0 Å². The highest BCUT2D eigenvalue weighted by Gasteiger charge is 2.28. The molecule has 5 nitrogen and oxygen atoms in total. The molecule has 134 valence electrons. The molecular weight excluding hydrogens is 340 g/mol. The molecule has 1 aromatic carbocycles. The lowest BCUT2D eigenvalue weighted by molar-refractivity contribution is -0.132. The summed E-state index contributed by atoms with van der Waals surface area (Å²) >= 11 is 6.20. The maximum Gasteiger partial charge on any atom is 0.245 e. The van der Waals surface area contributed by atoms with Crippen molar-refractivity contribution < 1.29 is 14.3 Å². The highest BCUT2D eigenvalue weighted by molar-refractivity contribution is 6.30. The lowest BCUT2D eigenvalue weighted by Gasteiger charge is -2.31. The van der Waals surface area contributed by atoms with Gasteiger partial charge in [0.15, 0.2) is 0 Å². The molecule has 1 saturated heterocycles. The summed E-state index contributed by atoms with van der Waals surface area (Å²) in [5.41, 5.74) is 2.02. The van der Waals surface area contributed by atoms with E-state index in [4.69, 9.17) is 16.3 Å². The van der Waals surface area contributed by atoms with Crippen molar-refractivity contribution in [2.75, 3.05) is 19.7 Å². The van der Waals surface area contributed by atoms with E-state index >= 15 is 0 Å². The third-order valence-corrected chi connectivity index (χ3v) is 5.17. The Morgan fingerprint density at radius 3 is 2.80 bits per heavy atom. The molecule has 0 aliphatic carbocycles. The number of carbonyl (C=O) groups is 2. The molecule has 1 atom stereocenters. The van der Waals surface area contributed by atoms with E-state index in [2.05, 4.69) is 11.9 Å². The average molecular weight is 363 g/mol. The first kappa shape index (κ1) is 17.8. The number of benzene rings is 1. The molecule has 0 spiro atoms. The summed E-state index contributed by atoms with van der Waals surface area (Å²) in [6, 6.07) is 3.61. The number of ether oxygens (including phenoxy) is 1. The highest BCUT2D eigenvalue weighted by atomic mass is 35.5. The van der Waals surface area contributed by atoms with Crippen molar-refractivity contribution in [1.29, 1.82) is 0 Å². The monoisotopic (exact) mass is 362 g/mol. The lowest BCUT2D eigenvalue weighted by Crippen LogP contribution is -2.43. The Morgan fingerprint density at radius 1 is 1.40 bits per heavy atom. The van der Waals surface area contributed by atoms with Crippen LogP contribution < -0.4 is 10.1 Å². The summed E-state index contributed by atoms with van der Waals surface area (Å²) in [6.45, 7) is 7.28. The largest absolute Gasteiger partial charge is 0.493 e. The molecule has 2 heterocycles. The summed E-state index contributed by atoms with van der Waals surface area (Å²) in [4.78, 5) is 26.0. The van der Waals surface area contributed by atoms with E-state index in [0.717, 1.165) is 23.3 Å². The number of hydrogen-bond donors (Lipinski definition) is 1. The van der Waals surface area contributed by atoms with Crippen LogP contribution >= 0.6 is 11.6 Å². The predicted molar refractivity (Wildman–Crippen MR) is 96.7 cm³/mol. The van der Waals surface area contributed by atoms with Crippen LogP contribution in [0.25, 0.3) is 0 Å². The van der Waals surface area contributed by atoms with Crippen molar-refractivity contribution in [1.82, 2.24) is 10.2 Å². The van der Waals surface area contributed by atoms with Gasteiger partial charge in [-0.3, -0.25) is 9.59 Å². The molecule has 2 aliphatic rings. The van der Waals surface area contributed by atoms with Crippen molar-refractivity contribution in [3.63, 3.8) is 0 Å². The third-order valence-electron chi connectivity index (χ3n) is 4.95. The summed E-state index contributed by atoms with van der Waals surface area (Å²) in [5.74, 6) is 0.719. The predicted octanol–water partition coefficient (Wildman–Crippen LogP) is 2.88. The van der Waals surface area contributed by atoms with Gasteiger partial charge < -0.3 is 15.0 Å². The van der Waals surface area contributed by atoms with E-state index in [0.29, 0.717) is 37.6 Å². The first-order valence-corrected chi connectivity index (χ1v) is 9.04. The highest BCUT2D eigenvalue weighted by Crippen LogP contribution is 2.36. The van der Waals surface area contributed by atoms with Gasteiger partial charge in [0.25, 0.3) is 0 Å². The van der Waals surface area contributed by atoms with Gasteiger partial charge >= 0.3 is 0 Å². The maximum absolute atomic E-state index is 12.6. The summed E-state index contributed by atoms with van der Waals surface area (Å²) in [5, 5.41) is 3.74. The second kappa shape index (κ2) is 7.48. The minimum Gasteiger partial charge on any atom is -0.493 e. The minimum absolute atomic E-state index is 0.0184. The zero-order valence-corrected chi connectivity index (χ0v) is 15.1. The van der Waals surface area contributed by atoms with Crippen LogP contribution in [0.1, 0.15) is 36.9 Å². The van der Waals surface area contributed by atoms with Gasteiger partial charge in [-0.2, -0.15) is 0 Å². The van der Waals surface area contributed by atoms with E-state index < -0.39 is 0 Å². The minimum atomic E-state index is -0.175. The third kappa shape index (κ3) is 3.82. The first-order chi connectivity index (χ1) is 12.0. The average Bonchev–Trinajstić information content (AvgIpc) is 3.08. The number of likely N-dealkylation sites (tertiary alicyclic amines) is 1. The standard InChI is InChI=1S/C19H23ClN2O3/c1-3-17(23)22-7-4-13(5-8-22)19(24)21-12(2)16-11-15(20)10-14-6-9-25-18(14)16/h3,10-13H,1,4-9H2,2H3,(H,21,24). The molecule has 1 fully saturated rings. The van der Waals surface area contributed by atoms with E-state index in [9.17, 15) is 9.59 Å². The van der Waals surface area contributed by atoms with Crippen LogP contribution in [0.5, 0.6) is 5.75 Å². The van der Waals surface area contributed by atoms with Gasteiger partial charge in [-0.15, -0.1) is 0 Å². The van der Waals surface area contributed by atoms with Crippen LogP contribution in [0, 0.1) is 5.92 Å². The number of halogens is 1. The first-order valence-electron chi connectivity index (χ1n) is 8.66. The van der Waals surface area contributed by atoms with E-state index in [1.165, 1.54) is 6.08 Å². The molecule has 6 heteroatoms. The summed E-state index contributed by atoms with van der Waals surface area (Å²) in [7, 11) is 0. The number of nitrogens with one attached hydrogen (secondary N) is 1. The van der Waals surface area contributed by atoms with Gasteiger partial charge in [-0.25, -0.2) is 0 Å². The number of hydrogen-bond acceptors (Lipinski definition) is 3. The van der Waals surface area contributed by atoms with Crippen LogP contribution in [-0.4, -0.2) is 36.4 Å². The molecule has 0 radical (unpaired) electrons. The van der Waals surface area contributed by atoms with Crippen molar-refractivity contribution in [2.45, 2.75) is 32.2 Å². The van der Waals surface area contributed by atoms with Gasteiger partial charge in [-0.05, 0) is 43.5 Å². The Bertz CT molecular complexity index is 696. The number of nitrogens with zero attached hydrogens (tertiary/aromatic N) is 1. The Hall–Kier alpha value is -2.01. The van der Waals surface area contributed by atoms with Crippen molar-refractivity contribution in [2.24, 2.45) is 5.92 Å². The van der Waals surface area contributed by atoms with Gasteiger partial charge in [0.1, 0.15) is 5.75 Å². The number of rotatable bonds is 4. The molecule has 1 unspecified atom stereocenters. The zero-order valence-electron chi connectivity index (χ0n) is 14.4. The molecule has 2 amide bonds. The van der Waals surface area contributed by atoms with E-state index in [1.807, 2.05) is 19.1 Å². The molecule has 1 aromatic rings. The topological polar surface area (TPSA) is 58.6 Å². The maximum atomic E-state index is 12.6. The van der Waals surface area contributed by atoms with Crippen molar-refractivity contribution in [3.8, 4) is 5.75 Å². The number of fused-ring (bicyclic) bond motifs is 1. The molecule has 0 saturated carbocycles. The van der Waals surface area contributed by atoms with Crippen LogP contribution in [0.15, 0.2) is 24.8 Å². The normalized spacial score (nSPS) is 18.2. The Labute approximate surface area is 153 Å². The molecule has 1 N–H and O–H groups in total. The van der Waals surface area contributed by atoms with Crippen LogP contribution in [0.2, 0.25) is 5.02 Å². The molecule has 3 rings (SSSR count). The van der Waals surface area contributed by atoms with Gasteiger partial charge in [-0.1, -0.05) is 18.2 Å². The van der Waals surface area contributed by atoms with Crippen LogP contribution in [-0.2, 0) is 16.0 Å². The number of piperidine rings is 1. The summed E-state index contributed by atoms with van der Waals surface area (Å²) < 4.78 is 5.72. The molecular formula is C19H23ClN2O3. The molecule has 0 bridgehead atoms. The lowest BCUT2D eigenvalue weighted by atomic mass is 9.94. The second-order valence-corrected chi connectivity index (χ2v) is 7.05. The van der Waals surface area contributed by atoms with Gasteiger partial charge in [0.2, 0.25) is 11.8 Å². The van der Waals surface area contributed by atoms with E-state index in [-0.39, 0.29) is 23.8 Å². The van der Waals surface area contributed by atoms with Crippen molar-refractivity contribution >= 4 is 23.4 Å². The Balaban J connectivity index is 1.62. The molecule has 25 heavy (non-hydrogen) atoms.